The third-order valence-corrected chi connectivity index (χ3v) is 12.8. The highest BCUT2D eigenvalue weighted by atomic mass is 35.5. The van der Waals surface area contributed by atoms with Crippen molar-refractivity contribution in [2.75, 3.05) is 55.6 Å². The maximum atomic E-state index is 13.3. The van der Waals surface area contributed by atoms with E-state index in [0.29, 0.717) is 95.0 Å². The van der Waals surface area contributed by atoms with Gasteiger partial charge in [0.2, 0.25) is 23.6 Å². The molecule has 0 spiro atoms. The number of rotatable bonds is 19. The second kappa shape index (κ2) is 22.2. The fourth-order valence-electron chi connectivity index (χ4n) is 8.35. The number of nitrogens with one attached hydrogen (secondary N) is 4. The molecule has 8 rings (SSSR count). The number of hydrogen-bond donors (Lipinski definition) is 4. The molecule has 21 nitrogen and oxygen atoms in total. The number of carbonyl (C=O) groups is 6. The molecular weight excluding hydrogens is 930 g/mol. The average Bonchev–Trinajstić information content (AvgIpc) is 4.09. The van der Waals surface area contributed by atoms with Gasteiger partial charge in [0.05, 0.1) is 45.7 Å². The number of halogens is 1. The lowest BCUT2D eigenvalue weighted by Gasteiger charge is -2.40. The lowest BCUT2D eigenvalue weighted by Crippen LogP contribution is -2.52. The maximum absolute atomic E-state index is 13.3. The van der Waals surface area contributed by atoms with Gasteiger partial charge in [0.1, 0.15) is 52.6 Å². The molecule has 3 aromatic heterocycles. The number of methoxy groups -OCH3 is 1. The standard InChI is InChI=1S/C46H49N13O8S.ClH/c1-4-35-46(65)56(2)37-22-49-39(52-42(37)58(35)24-31-11-10-30(20-47)68-31)19-27-8-9-28(18-38(27)66-3)43(62)50-21-29-23-57(55-54-29)16-14-48-15-17-67-26-41(61)51-34-7-5-6-32-33(34)25-59(45(32)64)36-12-13-40(60)53-44(36)63;/h5-11,18,22-23,35-36,48H,4,12-17,19,21,24-26H2,1-3H3,(H,50,62)(H,51,61)(H,53,60,63);1H/t35-,36?;/m1./s1. The first-order valence-electron chi connectivity index (χ1n) is 22.0. The number of imide groups is 1. The van der Waals surface area contributed by atoms with Gasteiger partial charge >= 0.3 is 0 Å². The molecule has 6 amide bonds. The molecule has 360 valence electrons. The zero-order valence-corrected chi connectivity index (χ0v) is 39.7. The van der Waals surface area contributed by atoms with Crippen LogP contribution in [0, 0.1) is 11.3 Å². The maximum Gasteiger partial charge on any atom is 0.255 e. The van der Waals surface area contributed by atoms with Crippen LogP contribution in [0.25, 0.3) is 0 Å². The van der Waals surface area contributed by atoms with Crippen molar-refractivity contribution < 1.29 is 38.2 Å². The number of hydrogen-bond acceptors (Lipinski definition) is 16. The fourth-order valence-corrected chi connectivity index (χ4v) is 9.15. The van der Waals surface area contributed by atoms with Gasteiger partial charge in [-0.2, -0.15) is 5.26 Å². The minimum atomic E-state index is -0.753. The molecule has 0 aliphatic carbocycles. The monoisotopic (exact) mass is 979 g/mol. The number of piperidine rings is 1. The predicted octanol–water partition coefficient (Wildman–Crippen LogP) is 2.72. The van der Waals surface area contributed by atoms with E-state index in [4.69, 9.17) is 14.5 Å². The van der Waals surface area contributed by atoms with Gasteiger partial charge in [-0.3, -0.25) is 38.8 Å². The third-order valence-electron chi connectivity index (χ3n) is 11.9. The van der Waals surface area contributed by atoms with E-state index in [9.17, 15) is 34.0 Å². The molecule has 4 N–H and O–H groups in total. The summed E-state index contributed by atoms with van der Waals surface area (Å²) in [4.78, 5) is 92.4. The number of carbonyl (C=O) groups excluding carboxylic acids is 6. The van der Waals surface area contributed by atoms with Crippen molar-refractivity contribution in [3.05, 3.63) is 104 Å². The van der Waals surface area contributed by atoms with Crippen LogP contribution in [0.15, 0.2) is 60.9 Å². The van der Waals surface area contributed by atoms with Gasteiger partial charge in [0.15, 0.2) is 5.82 Å². The minimum Gasteiger partial charge on any atom is -0.496 e. The van der Waals surface area contributed by atoms with Crippen LogP contribution >= 0.6 is 23.7 Å². The van der Waals surface area contributed by atoms with Crippen LogP contribution in [-0.4, -0.2) is 118 Å². The second-order valence-corrected chi connectivity index (χ2v) is 17.4. The van der Waals surface area contributed by atoms with Crippen molar-refractivity contribution in [2.24, 2.45) is 0 Å². The number of ether oxygens (including phenoxy) is 2. The summed E-state index contributed by atoms with van der Waals surface area (Å²) in [5.74, 6) is -0.339. The van der Waals surface area contributed by atoms with E-state index in [1.807, 2.05) is 17.9 Å². The van der Waals surface area contributed by atoms with Gasteiger partial charge in [0, 0.05) is 72.3 Å². The van der Waals surface area contributed by atoms with Gasteiger partial charge in [-0.1, -0.05) is 24.3 Å². The molecule has 69 heavy (non-hydrogen) atoms. The molecule has 3 aliphatic rings. The fraction of sp³-hybridized carbons (Fsp3) is 0.370. The van der Waals surface area contributed by atoms with E-state index in [1.54, 1.807) is 71.5 Å². The Morgan fingerprint density at radius 1 is 1.09 bits per heavy atom. The van der Waals surface area contributed by atoms with Gasteiger partial charge in [0.25, 0.3) is 11.8 Å². The van der Waals surface area contributed by atoms with Crippen LogP contribution in [-0.2, 0) is 56.5 Å². The Morgan fingerprint density at radius 3 is 2.70 bits per heavy atom. The quantitative estimate of drug-likeness (QED) is 0.0685. The van der Waals surface area contributed by atoms with Gasteiger partial charge < -0.3 is 40.1 Å². The largest absolute Gasteiger partial charge is 0.496 e. The molecule has 2 aromatic carbocycles. The highest BCUT2D eigenvalue weighted by molar-refractivity contribution is 7.12. The molecule has 0 saturated carbocycles. The SMILES string of the molecule is CC[C@@H]1C(=O)N(C)c2cnc(Cc3ccc(C(=O)NCc4cn(CCNCCOCC(=O)Nc5cccc6c5CN(C5CCC(=O)NC5=O)C6=O)nn4)cc3OC)nc2N1Cc1ccc(C#N)s1.Cl. The summed E-state index contributed by atoms with van der Waals surface area (Å²) in [5, 5.41) is 28.9. The van der Waals surface area contributed by atoms with Crippen LogP contribution < -0.4 is 35.8 Å². The van der Waals surface area contributed by atoms with Crippen molar-refractivity contribution in [2.45, 2.75) is 70.9 Å². The van der Waals surface area contributed by atoms with E-state index in [0.717, 1.165) is 10.4 Å². The molecule has 3 aliphatic heterocycles. The van der Waals surface area contributed by atoms with Crippen molar-refractivity contribution >= 4 is 76.4 Å². The molecule has 2 atom stereocenters. The van der Waals surface area contributed by atoms with Gasteiger partial charge in [-0.05, 0) is 49.2 Å². The van der Waals surface area contributed by atoms with Crippen molar-refractivity contribution in [3.63, 3.8) is 0 Å². The first kappa shape index (κ1) is 49.6. The van der Waals surface area contributed by atoms with Crippen LogP contribution in [0.5, 0.6) is 5.75 Å². The minimum absolute atomic E-state index is 0. The Labute approximate surface area is 406 Å². The van der Waals surface area contributed by atoms with Gasteiger partial charge in [-0.15, -0.1) is 28.8 Å². The number of likely N-dealkylation sites (N-methyl/N-ethyl adjacent to an activating group) is 1. The summed E-state index contributed by atoms with van der Waals surface area (Å²) in [6.45, 7) is 4.20. The Kier molecular flexibility index (Phi) is 15.9. The number of nitrogens with zero attached hydrogens (tertiary/aromatic N) is 9. The smallest absolute Gasteiger partial charge is 0.255 e. The number of amides is 6. The number of aromatic nitrogens is 5. The summed E-state index contributed by atoms with van der Waals surface area (Å²) in [7, 11) is 3.25. The zero-order chi connectivity index (χ0) is 47.9. The highest BCUT2D eigenvalue weighted by Gasteiger charge is 2.40. The Bertz CT molecular complexity index is 2810. The predicted molar refractivity (Wildman–Crippen MR) is 254 cm³/mol. The zero-order valence-electron chi connectivity index (χ0n) is 38.0. The third kappa shape index (κ3) is 11.2. The van der Waals surface area contributed by atoms with Gasteiger partial charge in [-0.25, -0.2) is 9.97 Å². The lowest BCUT2D eigenvalue weighted by atomic mass is 10.0. The van der Waals surface area contributed by atoms with Crippen LogP contribution in [0.4, 0.5) is 17.2 Å². The first-order valence-corrected chi connectivity index (χ1v) is 22.8. The Morgan fingerprint density at radius 2 is 1.93 bits per heavy atom. The normalized spacial score (nSPS) is 16.3. The van der Waals surface area contributed by atoms with E-state index >= 15 is 0 Å². The second-order valence-electron chi connectivity index (χ2n) is 16.3. The van der Waals surface area contributed by atoms with E-state index in [-0.39, 0.29) is 75.2 Å². The molecule has 1 saturated heterocycles. The van der Waals surface area contributed by atoms with Crippen molar-refractivity contribution in [1.29, 1.82) is 5.26 Å². The summed E-state index contributed by atoms with van der Waals surface area (Å²) in [6.07, 6.45) is 4.66. The summed E-state index contributed by atoms with van der Waals surface area (Å²) >= 11 is 1.39. The van der Waals surface area contributed by atoms with E-state index in [1.165, 1.54) is 23.3 Å². The van der Waals surface area contributed by atoms with E-state index in [2.05, 4.69) is 42.6 Å². The van der Waals surface area contributed by atoms with Crippen molar-refractivity contribution in [3.8, 4) is 11.8 Å². The molecule has 0 radical (unpaired) electrons. The van der Waals surface area contributed by atoms with Crippen LogP contribution in [0.2, 0.25) is 0 Å². The van der Waals surface area contributed by atoms with Crippen molar-refractivity contribution in [1.82, 2.24) is 45.8 Å². The molecule has 23 heteroatoms. The Hall–Kier alpha value is -7.32. The molecule has 5 aromatic rings. The first-order chi connectivity index (χ1) is 32.9. The number of anilines is 3. The Balaban J connectivity index is 0.00000703. The number of fused-ring (bicyclic) bond motifs is 2. The molecule has 1 unspecified atom stereocenters. The average molecular weight is 981 g/mol. The molecule has 6 heterocycles. The number of thiophene rings is 1. The summed E-state index contributed by atoms with van der Waals surface area (Å²) in [5.41, 5.74) is 3.78. The lowest BCUT2D eigenvalue weighted by molar-refractivity contribution is -0.137. The molecule has 1 fully saturated rings. The highest BCUT2D eigenvalue weighted by Crippen LogP contribution is 2.37. The van der Waals surface area contributed by atoms with Crippen LogP contribution in [0.3, 0.4) is 0 Å². The summed E-state index contributed by atoms with van der Waals surface area (Å²) in [6, 6.07) is 14.8. The number of benzene rings is 2. The van der Waals surface area contributed by atoms with E-state index < -0.39 is 23.9 Å². The molecule has 0 bridgehead atoms. The van der Waals surface area contributed by atoms with Crippen LogP contribution in [0.1, 0.15) is 79.3 Å². The summed E-state index contributed by atoms with van der Waals surface area (Å²) < 4.78 is 12.9. The topological polar surface area (TPSA) is 259 Å². The number of nitriles is 1. The molecular formula is C46H50ClN13O8S.